The van der Waals surface area contributed by atoms with Crippen molar-refractivity contribution in [3.63, 3.8) is 0 Å². The van der Waals surface area contributed by atoms with E-state index in [0.29, 0.717) is 6.42 Å². The van der Waals surface area contributed by atoms with Crippen LogP contribution < -0.4 is 5.73 Å². The summed E-state index contributed by atoms with van der Waals surface area (Å²) in [4.78, 5) is 0. The zero-order chi connectivity index (χ0) is 11.5. The van der Waals surface area contributed by atoms with E-state index in [1.165, 1.54) is 12.1 Å². The Morgan fingerprint density at radius 3 is 2.07 bits per heavy atom. The van der Waals surface area contributed by atoms with Gasteiger partial charge in [-0.05, 0) is 12.0 Å². The first-order valence-corrected chi connectivity index (χ1v) is 4.83. The minimum Gasteiger partial charge on any atom is -0.314 e. The van der Waals surface area contributed by atoms with Crippen molar-refractivity contribution in [3.8, 4) is 0 Å². The highest BCUT2D eigenvalue weighted by Crippen LogP contribution is 2.39. The van der Waals surface area contributed by atoms with Gasteiger partial charge in [0.1, 0.15) is 5.54 Å². The molecule has 1 nitrogen and oxygen atoms in total. The second-order valence-electron chi connectivity index (χ2n) is 3.59. The van der Waals surface area contributed by atoms with Gasteiger partial charge in [0.15, 0.2) is 0 Å². The largest absolute Gasteiger partial charge is 0.410 e. The molecule has 15 heavy (non-hydrogen) atoms. The standard InChI is InChI=1S/C11H14F3N/c1-2-8-10(15,11(12,13)14)9-6-4-3-5-7-9/h3-7H,2,8,15H2,1H3. The van der Waals surface area contributed by atoms with Gasteiger partial charge in [-0.15, -0.1) is 0 Å². The monoisotopic (exact) mass is 217 g/mol. The van der Waals surface area contributed by atoms with Crippen molar-refractivity contribution < 1.29 is 13.2 Å². The lowest BCUT2D eigenvalue weighted by molar-refractivity contribution is -0.191. The van der Waals surface area contributed by atoms with Gasteiger partial charge in [-0.3, -0.25) is 0 Å². The van der Waals surface area contributed by atoms with E-state index in [2.05, 4.69) is 0 Å². The van der Waals surface area contributed by atoms with E-state index in [1.807, 2.05) is 0 Å². The van der Waals surface area contributed by atoms with Gasteiger partial charge < -0.3 is 5.73 Å². The molecule has 4 heteroatoms. The number of hydrogen-bond acceptors (Lipinski definition) is 1. The van der Waals surface area contributed by atoms with Crippen LogP contribution in [0.2, 0.25) is 0 Å². The summed E-state index contributed by atoms with van der Waals surface area (Å²) >= 11 is 0. The van der Waals surface area contributed by atoms with Gasteiger partial charge in [-0.2, -0.15) is 13.2 Å². The molecule has 0 aliphatic heterocycles. The van der Waals surface area contributed by atoms with Crippen molar-refractivity contribution in [3.05, 3.63) is 35.9 Å². The molecule has 0 spiro atoms. The first kappa shape index (κ1) is 12.0. The van der Waals surface area contributed by atoms with Crippen LogP contribution in [0.3, 0.4) is 0 Å². The maximum Gasteiger partial charge on any atom is 0.410 e. The first-order valence-electron chi connectivity index (χ1n) is 4.83. The van der Waals surface area contributed by atoms with Crippen LogP contribution in [0.4, 0.5) is 13.2 Å². The van der Waals surface area contributed by atoms with Gasteiger partial charge in [0.05, 0.1) is 0 Å². The highest BCUT2D eigenvalue weighted by Gasteiger charge is 2.52. The molecule has 1 atom stereocenters. The number of hydrogen-bond donors (Lipinski definition) is 1. The van der Waals surface area contributed by atoms with Crippen molar-refractivity contribution in [2.45, 2.75) is 31.5 Å². The van der Waals surface area contributed by atoms with Crippen LogP contribution in [0.5, 0.6) is 0 Å². The molecule has 2 N–H and O–H groups in total. The fourth-order valence-electron chi connectivity index (χ4n) is 1.58. The zero-order valence-corrected chi connectivity index (χ0v) is 8.51. The van der Waals surface area contributed by atoms with Gasteiger partial charge in [0.25, 0.3) is 0 Å². The normalized spacial score (nSPS) is 16.1. The highest BCUT2D eigenvalue weighted by molar-refractivity contribution is 5.25. The van der Waals surface area contributed by atoms with Gasteiger partial charge in [0.2, 0.25) is 0 Å². The van der Waals surface area contributed by atoms with Crippen LogP contribution in [0.15, 0.2) is 30.3 Å². The zero-order valence-electron chi connectivity index (χ0n) is 8.51. The van der Waals surface area contributed by atoms with Gasteiger partial charge in [-0.1, -0.05) is 43.7 Å². The van der Waals surface area contributed by atoms with Gasteiger partial charge >= 0.3 is 6.18 Å². The van der Waals surface area contributed by atoms with Crippen molar-refractivity contribution in [1.82, 2.24) is 0 Å². The smallest absolute Gasteiger partial charge is 0.314 e. The van der Waals surface area contributed by atoms with Crippen molar-refractivity contribution >= 4 is 0 Å². The van der Waals surface area contributed by atoms with Crippen LogP contribution >= 0.6 is 0 Å². The maximum atomic E-state index is 12.9. The Bertz CT molecular complexity index is 307. The number of benzene rings is 1. The lowest BCUT2D eigenvalue weighted by atomic mass is 9.86. The summed E-state index contributed by atoms with van der Waals surface area (Å²) in [6, 6.07) is 7.65. The second kappa shape index (κ2) is 4.23. The van der Waals surface area contributed by atoms with Crippen LogP contribution in [0.25, 0.3) is 0 Å². The molecule has 1 unspecified atom stereocenters. The second-order valence-corrected chi connectivity index (χ2v) is 3.59. The van der Waals surface area contributed by atoms with E-state index in [0.717, 1.165) is 0 Å². The molecule has 0 radical (unpaired) electrons. The topological polar surface area (TPSA) is 26.0 Å². The summed E-state index contributed by atoms with van der Waals surface area (Å²) in [7, 11) is 0. The van der Waals surface area contributed by atoms with E-state index in [1.54, 1.807) is 25.1 Å². The lowest BCUT2D eigenvalue weighted by Crippen LogP contribution is -2.50. The van der Waals surface area contributed by atoms with Gasteiger partial charge in [0, 0.05) is 0 Å². The molecule has 0 bridgehead atoms. The molecule has 0 aromatic heterocycles. The van der Waals surface area contributed by atoms with Crippen LogP contribution in [-0.4, -0.2) is 6.18 Å². The molecule has 1 aromatic rings. The van der Waals surface area contributed by atoms with Crippen molar-refractivity contribution in [2.24, 2.45) is 5.73 Å². The predicted octanol–water partition coefficient (Wildman–Crippen LogP) is 3.20. The number of rotatable bonds is 3. The van der Waals surface area contributed by atoms with Crippen molar-refractivity contribution in [2.75, 3.05) is 0 Å². The number of halogens is 3. The summed E-state index contributed by atoms with van der Waals surface area (Å²) in [5.74, 6) is 0. The molecule has 84 valence electrons. The van der Waals surface area contributed by atoms with Crippen LogP contribution in [0, 0.1) is 0 Å². The molecular weight excluding hydrogens is 203 g/mol. The lowest BCUT2D eigenvalue weighted by Gasteiger charge is -2.32. The average molecular weight is 217 g/mol. The SMILES string of the molecule is CCCC(N)(c1ccccc1)C(F)(F)F. The Morgan fingerprint density at radius 2 is 1.67 bits per heavy atom. The quantitative estimate of drug-likeness (QED) is 0.826. The molecule has 0 amide bonds. The molecular formula is C11H14F3N. The van der Waals surface area contributed by atoms with Crippen LogP contribution in [-0.2, 0) is 5.54 Å². The summed E-state index contributed by atoms with van der Waals surface area (Å²) in [6.07, 6.45) is -4.12. The van der Waals surface area contributed by atoms with E-state index in [4.69, 9.17) is 5.73 Å². The van der Waals surface area contributed by atoms with E-state index < -0.39 is 11.7 Å². The molecule has 0 heterocycles. The van der Waals surface area contributed by atoms with E-state index in [-0.39, 0.29) is 12.0 Å². The summed E-state index contributed by atoms with van der Waals surface area (Å²) in [5, 5.41) is 0. The van der Waals surface area contributed by atoms with E-state index >= 15 is 0 Å². The Hall–Kier alpha value is -1.03. The Balaban J connectivity index is 3.13. The molecule has 0 fully saturated rings. The Morgan fingerprint density at radius 1 is 1.13 bits per heavy atom. The third-order valence-electron chi connectivity index (χ3n) is 2.44. The fraction of sp³-hybridized carbons (Fsp3) is 0.455. The Kier molecular flexibility index (Phi) is 3.39. The number of alkyl halides is 3. The minimum absolute atomic E-state index is 0.0967. The van der Waals surface area contributed by atoms with Crippen molar-refractivity contribution in [1.29, 1.82) is 0 Å². The average Bonchev–Trinajstić information content (AvgIpc) is 2.18. The summed E-state index contributed by atoms with van der Waals surface area (Å²) < 4.78 is 38.6. The number of nitrogens with two attached hydrogens (primary N) is 1. The van der Waals surface area contributed by atoms with E-state index in [9.17, 15) is 13.2 Å². The maximum absolute atomic E-state index is 12.9. The molecule has 0 saturated heterocycles. The molecule has 0 aliphatic carbocycles. The molecule has 1 aromatic carbocycles. The molecule has 1 rings (SSSR count). The minimum atomic E-state index is -4.41. The summed E-state index contributed by atoms with van der Waals surface area (Å²) in [5.41, 5.74) is 3.39. The third-order valence-corrected chi connectivity index (χ3v) is 2.44. The van der Waals surface area contributed by atoms with Gasteiger partial charge in [-0.25, -0.2) is 0 Å². The first-order chi connectivity index (χ1) is 6.92. The Labute approximate surface area is 87.1 Å². The highest BCUT2D eigenvalue weighted by atomic mass is 19.4. The van der Waals surface area contributed by atoms with Crippen LogP contribution in [0.1, 0.15) is 25.3 Å². The fourth-order valence-corrected chi connectivity index (χ4v) is 1.58. The predicted molar refractivity (Wildman–Crippen MR) is 53.3 cm³/mol. The third kappa shape index (κ3) is 2.31. The molecule has 0 saturated carbocycles. The summed E-state index contributed by atoms with van der Waals surface area (Å²) in [6.45, 7) is 1.69. The molecule has 0 aliphatic rings.